The molecule has 0 heterocycles. The van der Waals surface area contributed by atoms with Gasteiger partial charge in [-0.05, 0) is 47.8 Å². The fourth-order valence-corrected chi connectivity index (χ4v) is 0.973. The van der Waals surface area contributed by atoms with Crippen molar-refractivity contribution in [1.29, 1.82) is 0 Å². The Hall–Kier alpha value is -0.0800. The van der Waals surface area contributed by atoms with Crippen molar-refractivity contribution in [3.05, 3.63) is 0 Å². The summed E-state index contributed by atoms with van der Waals surface area (Å²) >= 11 is 0. The minimum Gasteiger partial charge on any atom is -0.376 e. The summed E-state index contributed by atoms with van der Waals surface area (Å²) in [7, 11) is 4.17. The van der Waals surface area contributed by atoms with Crippen LogP contribution in [-0.2, 0) is 4.74 Å². The zero-order chi connectivity index (χ0) is 10.9. The highest BCUT2D eigenvalue weighted by atomic mass is 16.5. The Morgan fingerprint density at radius 3 is 1.85 bits per heavy atom. The van der Waals surface area contributed by atoms with E-state index in [4.69, 9.17) is 4.74 Å². The summed E-state index contributed by atoms with van der Waals surface area (Å²) in [5.74, 6) is 0. The van der Waals surface area contributed by atoms with Crippen molar-refractivity contribution in [3.8, 4) is 0 Å². The van der Waals surface area contributed by atoms with Gasteiger partial charge in [-0.1, -0.05) is 13.8 Å². The van der Waals surface area contributed by atoms with Crippen molar-refractivity contribution in [1.82, 2.24) is 4.90 Å². The quantitative estimate of drug-likeness (QED) is 0.659. The van der Waals surface area contributed by atoms with Gasteiger partial charge in [-0.3, -0.25) is 0 Å². The van der Waals surface area contributed by atoms with E-state index in [0.29, 0.717) is 12.2 Å². The van der Waals surface area contributed by atoms with E-state index in [0.717, 1.165) is 13.0 Å². The molecule has 0 aromatic rings. The number of nitrogens with zero attached hydrogens (tertiary/aromatic N) is 1. The van der Waals surface area contributed by atoms with Gasteiger partial charge in [-0.2, -0.15) is 0 Å². The molecule has 1 atom stereocenters. The van der Waals surface area contributed by atoms with Crippen LogP contribution in [0.3, 0.4) is 0 Å². The monoisotopic (exact) mass is 189 g/mol. The van der Waals surface area contributed by atoms with E-state index < -0.39 is 0 Å². The van der Waals surface area contributed by atoms with Crippen LogP contribution in [0.5, 0.6) is 0 Å². The van der Waals surface area contributed by atoms with Gasteiger partial charge in [0.2, 0.25) is 0 Å². The lowest BCUT2D eigenvalue weighted by Crippen LogP contribution is -2.21. The van der Waals surface area contributed by atoms with Crippen molar-refractivity contribution >= 4 is 0 Å². The van der Waals surface area contributed by atoms with E-state index in [1.54, 1.807) is 0 Å². The van der Waals surface area contributed by atoms with Crippen LogP contribution in [0.25, 0.3) is 0 Å². The van der Waals surface area contributed by atoms with E-state index in [9.17, 15) is 0 Å². The zero-order valence-corrected chi connectivity index (χ0v) is 10.4. The minimum atomic E-state index is 0.354. The second-order valence-electron chi connectivity index (χ2n) is 3.59. The highest BCUT2D eigenvalue weighted by Gasteiger charge is 2.04. The maximum atomic E-state index is 5.57. The standard InChI is InChI=1S/C9H21NO.C2H6/c1-8(2)11-9(3)6-7-10(4)5;1-2/h8-9H,6-7H2,1-5H3;1-2H3. The predicted octanol–water partition coefficient (Wildman–Crippen LogP) is 2.78. The molecule has 13 heavy (non-hydrogen) atoms. The molecular formula is C11H27NO. The van der Waals surface area contributed by atoms with E-state index in [2.05, 4.69) is 39.8 Å². The van der Waals surface area contributed by atoms with Gasteiger partial charge in [-0.15, -0.1) is 0 Å². The van der Waals surface area contributed by atoms with Gasteiger partial charge >= 0.3 is 0 Å². The molecule has 0 N–H and O–H groups in total. The summed E-state index contributed by atoms with van der Waals surface area (Å²) in [5, 5.41) is 0. The molecule has 82 valence electrons. The Morgan fingerprint density at radius 2 is 1.54 bits per heavy atom. The molecule has 0 aromatic heterocycles. The molecular weight excluding hydrogens is 162 g/mol. The summed E-state index contributed by atoms with van der Waals surface area (Å²) in [6, 6.07) is 0. The minimum absolute atomic E-state index is 0.354. The fraction of sp³-hybridized carbons (Fsp3) is 1.00. The third-order valence-corrected chi connectivity index (χ3v) is 1.49. The molecule has 0 rings (SSSR count). The van der Waals surface area contributed by atoms with Gasteiger partial charge in [0.05, 0.1) is 12.2 Å². The zero-order valence-electron chi connectivity index (χ0n) is 10.4. The fourth-order valence-electron chi connectivity index (χ4n) is 0.973. The molecule has 0 radical (unpaired) electrons. The van der Waals surface area contributed by atoms with Gasteiger partial charge in [0.15, 0.2) is 0 Å². The van der Waals surface area contributed by atoms with Crippen molar-refractivity contribution in [2.75, 3.05) is 20.6 Å². The van der Waals surface area contributed by atoms with Gasteiger partial charge in [-0.25, -0.2) is 0 Å². The lowest BCUT2D eigenvalue weighted by Gasteiger charge is -2.18. The first kappa shape index (κ1) is 15.4. The highest BCUT2D eigenvalue weighted by Crippen LogP contribution is 2.01. The Balaban J connectivity index is 0. The van der Waals surface area contributed by atoms with Crippen LogP contribution < -0.4 is 0 Å². The molecule has 0 aromatic carbocycles. The smallest absolute Gasteiger partial charge is 0.0562 e. The number of hydrogen-bond donors (Lipinski definition) is 0. The van der Waals surface area contributed by atoms with Crippen molar-refractivity contribution in [2.24, 2.45) is 0 Å². The maximum Gasteiger partial charge on any atom is 0.0562 e. The first-order chi connectivity index (χ1) is 6.02. The van der Waals surface area contributed by atoms with Crippen molar-refractivity contribution in [2.45, 2.75) is 53.2 Å². The Morgan fingerprint density at radius 1 is 1.08 bits per heavy atom. The predicted molar refractivity (Wildman–Crippen MR) is 60.2 cm³/mol. The molecule has 0 spiro atoms. The second-order valence-corrected chi connectivity index (χ2v) is 3.59. The van der Waals surface area contributed by atoms with Gasteiger partial charge < -0.3 is 9.64 Å². The van der Waals surface area contributed by atoms with Crippen LogP contribution in [-0.4, -0.2) is 37.7 Å². The Bertz CT molecular complexity index is 92.1. The lowest BCUT2D eigenvalue weighted by atomic mass is 10.2. The van der Waals surface area contributed by atoms with Crippen LogP contribution in [0.15, 0.2) is 0 Å². The van der Waals surface area contributed by atoms with Crippen LogP contribution in [0, 0.1) is 0 Å². The summed E-state index contributed by atoms with van der Waals surface area (Å²) in [6.45, 7) is 11.4. The number of rotatable bonds is 5. The third-order valence-electron chi connectivity index (χ3n) is 1.49. The summed E-state index contributed by atoms with van der Waals surface area (Å²) in [5.41, 5.74) is 0. The summed E-state index contributed by atoms with van der Waals surface area (Å²) < 4.78 is 5.57. The average Bonchev–Trinajstić information content (AvgIpc) is 2.03. The Labute approximate surface area is 84.3 Å². The van der Waals surface area contributed by atoms with E-state index in [1.807, 2.05) is 13.8 Å². The molecule has 0 fully saturated rings. The average molecular weight is 189 g/mol. The van der Waals surface area contributed by atoms with E-state index in [-0.39, 0.29) is 0 Å². The molecule has 0 aliphatic heterocycles. The Kier molecular flexibility index (Phi) is 11.8. The third kappa shape index (κ3) is 14.7. The van der Waals surface area contributed by atoms with Crippen molar-refractivity contribution < 1.29 is 4.74 Å². The molecule has 1 unspecified atom stereocenters. The highest BCUT2D eigenvalue weighted by molar-refractivity contribution is 4.54. The molecule has 0 bridgehead atoms. The van der Waals surface area contributed by atoms with Gasteiger partial charge in [0, 0.05) is 0 Å². The van der Waals surface area contributed by atoms with Crippen LogP contribution in [0.1, 0.15) is 41.0 Å². The largest absolute Gasteiger partial charge is 0.376 e. The SMILES string of the molecule is CC.CC(C)OC(C)CCN(C)C. The molecule has 0 aliphatic rings. The molecule has 0 aliphatic carbocycles. The number of ether oxygens (including phenoxy) is 1. The van der Waals surface area contributed by atoms with Crippen LogP contribution in [0.2, 0.25) is 0 Å². The first-order valence-electron chi connectivity index (χ1n) is 5.32. The first-order valence-corrected chi connectivity index (χ1v) is 5.32. The van der Waals surface area contributed by atoms with Crippen molar-refractivity contribution in [3.63, 3.8) is 0 Å². The number of hydrogen-bond acceptors (Lipinski definition) is 2. The molecule has 0 saturated heterocycles. The maximum absolute atomic E-state index is 5.57. The summed E-state index contributed by atoms with van der Waals surface area (Å²) in [6.07, 6.45) is 1.86. The van der Waals surface area contributed by atoms with Crippen LogP contribution in [0.4, 0.5) is 0 Å². The normalized spacial score (nSPS) is 12.7. The van der Waals surface area contributed by atoms with Gasteiger partial charge in [0.1, 0.15) is 0 Å². The summed E-state index contributed by atoms with van der Waals surface area (Å²) in [4.78, 5) is 2.18. The van der Waals surface area contributed by atoms with E-state index >= 15 is 0 Å². The molecule has 0 amide bonds. The van der Waals surface area contributed by atoms with E-state index in [1.165, 1.54) is 0 Å². The lowest BCUT2D eigenvalue weighted by molar-refractivity contribution is 0.0112. The molecule has 2 nitrogen and oxygen atoms in total. The topological polar surface area (TPSA) is 12.5 Å². The van der Waals surface area contributed by atoms with Gasteiger partial charge in [0.25, 0.3) is 0 Å². The molecule has 2 heteroatoms. The second kappa shape index (κ2) is 10.0. The molecule has 0 saturated carbocycles. The van der Waals surface area contributed by atoms with Crippen LogP contribution >= 0.6 is 0 Å².